The van der Waals surface area contributed by atoms with Crippen molar-refractivity contribution < 1.29 is 18.1 Å². The molecule has 138 valence electrons. The summed E-state index contributed by atoms with van der Waals surface area (Å²) in [5.74, 6) is 0.221. The zero-order valence-corrected chi connectivity index (χ0v) is 15.0. The van der Waals surface area contributed by atoms with Crippen molar-refractivity contribution in [3.05, 3.63) is 63.7 Å². The van der Waals surface area contributed by atoms with E-state index in [-0.39, 0.29) is 23.2 Å². The maximum absolute atomic E-state index is 12.6. The Morgan fingerprint density at radius 2 is 2.08 bits per heavy atom. The Hall–Kier alpha value is -2.49. The van der Waals surface area contributed by atoms with Gasteiger partial charge in [-0.15, -0.1) is 0 Å². The number of nitro benzene ring substituents is 1. The number of fused-ring (bicyclic) bond motifs is 1. The van der Waals surface area contributed by atoms with E-state index in [0.29, 0.717) is 0 Å². The van der Waals surface area contributed by atoms with Crippen LogP contribution in [0.1, 0.15) is 17.2 Å². The topological polar surface area (TPSA) is 111 Å². The van der Waals surface area contributed by atoms with Gasteiger partial charge in [0.2, 0.25) is 10.0 Å². The molecule has 1 unspecified atom stereocenters. The van der Waals surface area contributed by atoms with Crippen molar-refractivity contribution in [1.82, 2.24) is 10.0 Å². The lowest BCUT2D eigenvalue weighted by Gasteiger charge is -2.27. The van der Waals surface area contributed by atoms with Crippen LogP contribution in [0.5, 0.6) is 5.75 Å². The molecule has 0 bridgehead atoms. The van der Waals surface area contributed by atoms with Crippen LogP contribution in [0.2, 0.25) is 0 Å². The van der Waals surface area contributed by atoms with E-state index >= 15 is 0 Å². The summed E-state index contributed by atoms with van der Waals surface area (Å²) in [5, 5.41) is 14.5. The van der Waals surface area contributed by atoms with Crippen molar-refractivity contribution in [2.24, 2.45) is 0 Å². The summed E-state index contributed by atoms with van der Waals surface area (Å²) >= 11 is 0. The average molecular weight is 377 g/mol. The van der Waals surface area contributed by atoms with Crippen LogP contribution in [-0.2, 0) is 16.4 Å². The lowest BCUT2D eigenvalue weighted by molar-refractivity contribution is -0.387. The third-order valence-electron chi connectivity index (χ3n) is 4.35. The second-order valence-electron chi connectivity index (χ2n) is 5.90. The van der Waals surface area contributed by atoms with Crippen molar-refractivity contribution in [2.45, 2.75) is 17.4 Å². The van der Waals surface area contributed by atoms with Gasteiger partial charge in [0.25, 0.3) is 5.69 Å². The fraction of sp³-hybridized carbons (Fsp3) is 0.294. The SMILES string of the molecule is COc1ccc(S(=O)(=O)NCC2NCCc3ccccc32)c([N+](=O)[O-])c1. The van der Waals surface area contributed by atoms with Gasteiger partial charge in [0.15, 0.2) is 4.90 Å². The van der Waals surface area contributed by atoms with E-state index in [1.807, 2.05) is 24.3 Å². The molecule has 1 atom stereocenters. The number of hydrogen-bond acceptors (Lipinski definition) is 6. The maximum Gasteiger partial charge on any atom is 0.293 e. The van der Waals surface area contributed by atoms with E-state index in [0.717, 1.165) is 24.6 Å². The molecule has 1 aliphatic heterocycles. The molecule has 0 aliphatic carbocycles. The number of nitro groups is 1. The van der Waals surface area contributed by atoms with Gasteiger partial charge < -0.3 is 10.1 Å². The lowest BCUT2D eigenvalue weighted by Crippen LogP contribution is -2.38. The highest BCUT2D eigenvalue weighted by molar-refractivity contribution is 7.89. The van der Waals surface area contributed by atoms with Gasteiger partial charge in [-0.3, -0.25) is 10.1 Å². The molecule has 8 nitrogen and oxygen atoms in total. The third kappa shape index (κ3) is 3.69. The summed E-state index contributed by atoms with van der Waals surface area (Å²) in [6.07, 6.45) is 0.878. The van der Waals surface area contributed by atoms with Crippen molar-refractivity contribution in [3.8, 4) is 5.75 Å². The summed E-state index contributed by atoms with van der Waals surface area (Å²) < 4.78 is 32.7. The summed E-state index contributed by atoms with van der Waals surface area (Å²) in [5.41, 5.74) is 1.69. The van der Waals surface area contributed by atoms with E-state index in [4.69, 9.17) is 4.74 Å². The molecule has 1 aliphatic rings. The predicted molar refractivity (Wildman–Crippen MR) is 95.7 cm³/mol. The van der Waals surface area contributed by atoms with Gasteiger partial charge in [-0.05, 0) is 36.2 Å². The van der Waals surface area contributed by atoms with Crippen LogP contribution in [0, 0.1) is 10.1 Å². The fourth-order valence-corrected chi connectivity index (χ4v) is 4.24. The Labute approximate surface area is 151 Å². The molecule has 26 heavy (non-hydrogen) atoms. The molecule has 0 saturated carbocycles. The lowest BCUT2D eigenvalue weighted by atomic mass is 9.95. The smallest absolute Gasteiger partial charge is 0.293 e. The summed E-state index contributed by atoms with van der Waals surface area (Å²) in [4.78, 5) is 10.1. The molecule has 2 aromatic carbocycles. The first-order valence-electron chi connectivity index (χ1n) is 8.05. The number of rotatable bonds is 6. The molecule has 0 aromatic heterocycles. The Kier molecular flexibility index (Phi) is 5.21. The Morgan fingerprint density at radius 3 is 2.81 bits per heavy atom. The molecule has 9 heteroatoms. The number of ether oxygens (including phenoxy) is 1. The van der Waals surface area contributed by atoms with Crippen LogP contribution in [-0.4, -0.2) is 33.5 Å². The number of sulfonamides is 1. The highest BCUT2D eigenvalue weighted by Crippen LogP contribution is 2.29. The van der Waals surface area contributed by atoms with E-state index in [2.05, 4.69) is 10.0 Å². The standard InChI is InChI=1S/C17H19N3O5S/c1-25-13-6-7-17(16(10-13)20(21)22)26(23,24)19-11-15-14-5-3-2-4-12(14)8-9-18-15/h2-7,10,15,18-19H,8-9,11H2,1H3. The van der Waals surface area contributed by atoms with E-state index in [1.165, 1.54) is 24.8 Å². The van der Waals surface area contributed by atoms with Gasteiger partial charge in [0.1, 0.15) is 5.75 Å². The molecule has 3 rings (SSSR count). The quantitative estimate of drug-likeness (QED) is 0.586. The second-order valence-corrected chi connectivity index (χ2v) is 7.63. The first-order valence-corrected chi connectivity index (χ1v) is 9.54. The van der Waals surface area contributed by atoms with E-state index in [9.17, 15) is 18.5 Å². The minimum absolute atomic E-state index is 0.0997. The van der Waals surface area contributed by atoms with Crippen LogP contribution in [0.4, 0.5) is 5.69 Å². The molecule has 0 fully saturated rings. The maximum atomic E-state index is 12.6. The number of hydrogen-bond donors (Lipinski definition) is 2. The number of nitrogens with zero attached hydrogens (tertiary/aromatic N) is 1. The van der Waals surface area contributed by atoms with Crippen molar-refractivity contribution in [1.29, 1.82) is 0 Å². The molecule has 0 amide bonds. The van der Waals surface area contributed by atoms with Crippen LogP contribution in [0.15, 0.2) is 47.4 Å². The molecule has 0 saturated heterocycles. The van der Waals surface area contributed by atoms with Gasteiger partial charge in [0.05, 0.1) is 18.1 Å². The van der Waals surface area contributed by atoms with E-state index in [1.54, 1.807) is 0 Å². The van der Waals surface area contributed by atoms with Gasteiger partial charge in [0, 0.05) is 12.6 Å². The molecular weight excluding hydrogens is 358 g/mol. The highest BCUT2D eigenvalue weighted by Gasteiger charge is 2.28. The zero-order valence-electron chi connectivity index (χ0n) is 14.1. The zero-order chi connectivity index (χ0) is 18.7. The average Bonchev–Trinajstić information content (AvgIpc) is 2.65. The molecular formula is C17H19N3O5S. The molecule has 0 radical (unpaired) electrons. The van der Waals surface area contributed by atoms with Gasteiger partial charge in [-0.2, -0.15) is 0 Å². The largest absolute Gasteiger partial charge is 0.497 e. The second kappa shape index (κ2) is 7.40. The van der Waals surface area contributed by atoms with E-state index < -0.39 is 20.6 Å². The van der Waals surface area contributed by atoms with Gasteiger partial charge in [-0.1, -0.05) is 24.3 Å². The van der Waals surface area contributed by atoms with Crippen LogP contribution < -0.4 is 14.8 Å². The van der Waals surface area contributed by atoms with Crippen molar-refractivity contribution >= 4 is 15.7 Å². The molecule has 2 aromatic rings. The fourth-order valence-electron chi connectivity index (χ4n) is 3.04. The summed E-state index contributed by atoms with van der Waals surface area (Å²) in [6.45, 7) is 0.842. The van der Waals surface area contributed by atoms with Gasteiger partial charge >= 0.3 is 0 Å². The van der Waals surface area contributed by atoms with Crippen LogP contribution in [0.25, 0.3) is 0 Å². The normalized spacial score (nSPS) is 16.7. The van der Waals surface area contributed by atoms with Crippen LogP contribution in [0.3, 0.4) is 0 Å². The predicted octanol–water partition coefficient (Wildman–Crippen LogP) is 1.77. The van der Waals surface area contributed by atoms with Crippen molar-refractivity contribution in [2.75, 3.05) is 20.2 Å². The number of benzene rings is 2. The van der Waals surface area contributed by atoms with Gasteiger partial charge in [-0.25, -0.2) is 13.1 Å². The summed E-state index contributed by atoms with van der Waals surface area (Å²) in [6, 6.07) is 11.3. The Bertz CT molecular complexity index is 930. The number of nitrogens with one attached hydrogen (secondary N) is 2. The minimum Gasteiger partial charge on any atom is -0.497 e. The monoisotopic (exact) mass is 377 g/mol. The van der Waals surface area contributed by atoms with Crippen molar-refractivity contribution in [3.63, 3.8) is 0 Å². The Morgan fingerprint density at radius 1 is 1.31 bits per heavy atom. The van der Waals surface area contributed by atoms with Crippen LogP contribution >= 0.6 is 0 Å². The number of methoxy groups -OCH3 is 1. The molecule has 0 spiro atoms. The molecule has 1 heterocycles. The first-order chi connectivity index (χ1) is 12.4. The third-order valence-corrected chi connectivity index (χ3v) is 5.82. The summed E-state index contributed by atoms with van der Waals surface area (Å²) in [7, 11) is -2.69. The Balaban J connectivity index is 1.84. The molecule has 2 N–H and O–H groups in total. The first kappa shape index (κ1) is 18.3. The highest BCUT2D eigenvalue weighted by atomic mass is 32.2. The minimum atomic E-state index is -4.05.